The summed E-state index contributed by atoms with van der Waals surface area (Å²) in [6.45, 7) is 1.55. The number of allylic oxidation sites excluding steroid dienone is 2. The maximum Gasteiger partial charge on any atom is 0.306 e. The Morgan fingerprint density at radius 1 is 1.71 bits per heavy atom. The van der Waals surface area contributed by atoms with Crippen LogP contribution in [0.15, 0.2) is 24.3 Å². The van der Waals surface area contributed by atoms with Gasteiger partial charge in [0, 0.05) is 5.92 Å². The lowest BCUT2D eigenvalue weighted by Gasteiger charge is -2.30. The largest absolute Gasteiger partial charge is 0.481 e. The fraction of sp³-hybridized carbons (Fsp3) is 0.400. The minimum Gasteiger partial charge on any atom is -0.481 e. The zero-order valence-electron chi connectivity index (χ0n) is 7.84. The Balaban J connectivity index is 2.99. The molecule has 0 heterocycles. The van der Waals surface area contributed by atoms with Gasteiger partial charge in [-0.3, -0.25) is 4.79 Å². The molecular weight excluding hydrogens is 180 g/mol. The third kappa shape index (κ3) is 1.68. The van der Waals surface area contributed by atoms with Crippen molar-refractivity contribution in [2.24, 2.45) is 17.6 Å². The number of nitrogens with zero attached hydrogens (tertiary/aromatic N) is 1. The Kier molecular flexibility index (Phi) is 2.73. The van der Waals surface area contributed by atoms with Gasteiger partial charge in [0.15, 0.2) is 0 Å². The average molecular weight is 192 g/mol. The average Bonchev–Trinajstić information content (AvgIpc) is 2.17. The van der Waals surface area contributed by atoms with Crippen LogP contribution in [0.1, 0.15) is 6.92 Å². The molecule has 1 aliphatic rings. The Bertz CT molecular complexity index is 341. The third-order valence-electron chi connectivity index (χ3n) is 2.47. The van der Waals surface area contributed by atoms with Gasteiger partial charge in [-0.2, -0.15) is 5.26 Å². The zero-order valence-corrected chi connectivity index (χ0v) is 7.84. The van der Waals surface area contributed by atoms with Crippen molar-refractivity contribution in [1.82, 2.24) is 0 Å². The first-order valence-corrected chi connectivity index (χ1v) is 4.30. The fourth-order valence-corrected chi connectivity index (χ4v) is 1.51. The Morgan fingerprint density at radius 2 is 2.36 bits per heavy atom. The molecule has 0 aromatic rings. The number of rotatable bonds is 2. The quantitative estimate of drug-likeness (QED) is 0.673. The minimum absolute atomic E-state index is 0.477. The van der Waals surface area contributed by atoms with Crippen LogP contribution in [0.5, 0.6) is 0 Å². The second kappa shape index (κ2) is 3.64. The molecule has 3 atom stereocenters. The lowest BCUT2D eigenvalue weighted by molar-refractivity contribution is -0.142. The summed E-state index contributed by atoms with van der Waals surface area (Å²) in [5.74, 6) is -2.09. The molecule has 4 nitrogen and oxygen atoms in total. The lowest BCUT2D eigenvalue weighted by Crippen LogP contribution is -2.48. The van der Waals surface area contributed by atoms with Crippen molar-refractivity contribution < 1.29 is 9.90 Å². The second-order valence-electron chi connectivity index (χ2n) is 3.44. The molecular formula is C10H12N2O2. The predicted octanol–water partition coefficient (Wildman–Crippen LogP) is 0.670. The van der Waals surface area contributed by atoms with Crippen molar-refractivity contribution in [3.63, 3.8) is 0 Å². The molecule has 0 saturated carbocycles. The van der Waals surface area contributed by atoms with Crippen molar-refractivity contribution in [2.75, 3.05) is 0 Å². The Labute approximate surface area is 82.3 Å². The first-order chi connectivity index (χ1) is 6.51. The van der Waals surface area contributed by atoms with E-state index in [9.17, 15) is 4.79 Å². The number of hydrogen-bond acceptors (Lipinski definition) is 3. The summed E-state index contributed by atoms with van der Waals surface area (Å²) in [6, 6.07) is 1.94. The highest BCUT2D eigenvalue weighted by atomic mass is 16.4. The Hall–Kier alpha value is -1.60. The lowest BCUT2D eigenvalue weighted by atomic mass is 9.75. The summed E-state index contributed by atoms with van der Waals surface area (Å²) in [4.78, 5) is 10.8. The summed E-state index contributed by atoms with van der Waals surface area (Å²) >= 11 is 0. The highest BCUT2D eigenvalue weighted by Gasteiger charge is 2.38. The zero-order chi connectivity index (χ0) is 10.8. The van der Waals surface area contributed by atoms with E-state index in [-0.39, 0.29) is 0 Å². The SMILES string of the molecule is CC(C(=O)O)C1C=CC=CC1(N)C#N. The molecule has 0 fully saturated rings. The summed E-state index contributed by atoms with van der Waals surface area (Å²) in [5.41, 5.74) is 4.58. The molecule has 74 valence electrons. The molecule has 0 aliphatic heterocycles. The van der Waals surface area contributed by atoms with Crippen LogP contribution in [0, 0.1) is 23.2 Å². The van der Waals surface area contributed by atoms with Gasteiger partial charge >= 0.3 is 5.97 Å². The number of hydrogen-bond donors (Lipinski definition) is 2. The van der Waals surface area contributed by atoms with E-state index in [1.807, 2.05) is 6.07 Å². The van der Waals surface area contributed by atoms with Gasteiger partial charge in [0.1, 0.15) is 5.54 Å². The van der Waals surface area contributed by atoms with Crippen molar-refractivity contribution in [3.8, 4) is 6.07 Å². The molecule has 0 bridgehead atoms. The molecule has 0 amide bonds. The summed E-state index contributed by atoms with van der Waals surface area (Å²) in [7, 11) is 0. The van der Waals surface area contributed by atoms with Gasteiger partial charge in [0.25, 0.3) is 0 Å². The molecule has 4 heteroatoms. The van der Waals surface area contributed by atoms with E-state index < -0.39 is 23.3 Å². The number of carbonyl (C=O) groups is 1. The number of nitrogens with two attached hydrogens (primary N) is 1. The van der Waals surface area contributed by atoms with Crippen LogP contribution >= 0.6 is 0 Å². The van der Waals surface area contributed by atoms with Gasteiger partial charge in [-0.25, -0.2) is 0 Å². The van der Waals surface area contributed by atoms with Crippen LogP contribution < -0.4 is 5.73 Å². The molecule has 0 aromatic carbocycles. The molecule has 1 rings (SSSR count). The maximum absolute atomic E-state index is 10.8. The highest BCUT2D eigenvalue weighted by molar-refractivity contribution is 5.71. The van der Waals surface area contributed by atoms with E-state index in [2.05, 4.69) is 0 Å². The van der Waals surface area contributed by atoms with E-state index >= 15 is 0 Å². The van der Waals surface area contributed by atoms with Crippen LogP contribution in [0.4, 0.5) is 0 Å². The van der Waals surface area contributed by atoms with Crippen LogP contribution in [0.2, 0.25) is 0 Å². The molecule has 0 saturated heterocycles. The van der Waals surface area contributed by atoms with Gasteiger partial charge in [-0.1, -0.05) is 25.2 Å². The van der Waals surface area contributed by atoms with Gasteiger partial charge in [0.2, 0.25) is 0 Å². The van der Waals surface area contributed by atoms with E-state index in [0.29, 0.717) is 0 Å². The van der Waals surface area contributed by atoms with Gasteiger partial charge < -0.3 is 10.8 Å². The van der Waals surface area contributed by atoms with E-state index in [0.717, 1.165) is 0 Å². The second-order valence-corrected chi connectivity index (χ2v) is 3.44. The smallest absolute Gasteiger partial charge is 0.306 e. The molecule has 3 N–H and O–H groups in total. The van der Waals surface area contributed by atoms with Crippen molar-refractivity contribution >= 4 is 5.97 Å². The van der Waals surface area contributed by atoms with E-state index in [4.69, 9.17) is 16.1 Å². The summed E-state index contributed by atoms with van der Waals surface area (Å²) in [6.07, 6.45) is 6.58. The number of carboxylic acids is 1. The number of nitriles is 1. The molecule has 0 spiro atoms. The number of aliphatic carboxylic acids is 1. The standard InChI is InChI=1S/C10H12N2O2/c1-7(9(13)14)8-4-2-3-5-10(8,12)6-11/h2-5,7-8H,12H2,1H3,(H,13,14). The normalized spacial score (nSPS) is 32.2. The summed E-state index contributed by atoms with van der Waals surface area (Å²) in [5, 5.41) is 17.7. The molecule has 3 unspecified atom stereocenters. The van der Waals surface area contributed by atoms with Gasteiger partial charge in [0.05, 0.1) is 12.0 Å². The van der Waals surface area contributed by atoms with Crippen LogP contribution in [-0.4, -0.2) is 16.6 Å². The minimum atomic E-state index is -1.20. The van der Waals surface area contributed by atoms with Gasteiger partial charge in [-0.05, 0) is 6.08 Å². The number of carboxylic acid groups (broad SMARTS) is 1. The van der Waals surface area contributed by atoms with Crippen molar-refractivity contribution in [3.05, 3.63) is 24.3 Å². The monoisotopic (exact) mass is 192 g/mol. The maximum atomic E-state index is 10.8. The first kappa shape index (κ1) is 10.5. The molecule has 1 aliphatic carbocycles. The third-order valence-corrected chi connectivity index (χ3v) is 2.47. The molecule has 0 aromatic heterocycles. The van der Waals surface area contributed by atoms with Crippen LogP contribution in [0.25, 0.3) is 0 Å². The highest BCUT2D eigenvalue weighted by Crippen LogP contribution is 2.28. The fourth-order valence-electron chi connectivity index (χ4n) is 1.51. The van der Waals surface area contributed by atoms with Crippen molar-refractivity contribution in [1.29, 1.82) is 5.26 Å². The van der Waals surface area contributed by atoms with Crippen LogP contribution in [-0.2, 0) is 4.79 Å². The first-order valence-electron chi connectivity index (χ1n) is 4.30. The Morgan fingerprint density at radius 3 is 2.86 bits per heavy atom. The van der Waals surface area contributed by atoms with E-state index in [1.165, 1.54) is 6.08 Å². The predicted molar refractivity (Wildman–Crippen MR) is 51.1 cm³/mol. The molecule has 14 heavy (non-hydrogen) atoms. The van der Waals surface area contributed by atoms with E-state index in [1.54, 1.807) is 25.2 Å². The summed E-state index contributed by atoms with van der Waals surface area (Å²) < 4.78 is 0. The molecule has 0 radical (unpaired) electrons. The van der Waals surface area contributed by atoms with Gasteiger partial charge in [-0.15, -0.1) is 0 Å². The van der Waals surface area contributed by atoms with Crippen molar-refractivity contribution in [2.45, 2.75) is 12.5 Å². The van der Waals surface area contributed by atoms with Crippen LogP contribution in [0.3, 0.4) is 0 Å². The topological polar surface area (TPSA) is 87.1 Å².